The number of ether oxygens (including phenoxy) is 1. The van der Waals surface area contributed by atoms with Crippen LogP contribution in [0.5, 0.6) is 0 Å². The Hall–Kier alpha value is -2.81. The Morgan fingerprint density at radius 1 is 1.46 bits per heavy atom. The maximum atomic E-state index is 13.8. The molecule has 0 saturated carbocycles. The fourth-order valence-electron chi connectivity index (χ4n) is 2.87. The second-order valence-corrected chi connectivity index (χ2v) is 6.15. The molecule has 1 atom stereocenters. The van der Waals surface area contributed by atoms with Gasteiger partial charge in [-0.05, 0) is 6.07 Å². The molecule has 3 heterocycles. The van der Waals surface area contributed by atoms with Gasteiger partial charge >= 0.3 is 0 Å². The predicted octanol–water partition coefficient (Wildman–Crippen LogP) is 0.292. The van der Waals surface area contributed by atoms with Crippen LogP contribution in [0.25, 0.3) is 0 Å². The molecule has 26 heavy (non-hydrogen) atoms. The Bertz CT molecular complexity index is 856. The molecule has 1 aliphatic rings. The van der Waals surface area contributed by atoms with Crippen LogP contribution in [0.4, 0.5) is 10.2 Å². The van der Waals surface area contributed by atoms with Crippen LogP contribution in [-0.2, 0) is 11.8 Å². The lowest BCUT2D eigenvalue weighted by Gasteiger charge is -2.35. The van der Waals surface area contributed by atoms with E-state index < -0.39 is 11.7 Å². The minimum absolute atomic E-state index is 0.00685. The first-order valence-corrected chi connectivity index (χ1v) is 8.20. The van der Waals surface area contributed by atoms with Crippen LogP contribution in [0.3, 0.4) is 0 Å². The van der Waals surface area contributed by atoms with Crippen molar-refractivity contribution >= 4 is 11.7 Å². The molecule has 0 bridgehead atoms. The smallest absolute Gasteiger partial charge is 0.293 e. The minimum atomic E-state index is -0.644. The van der Waals surface area contributed by atoms with Gasteiger partial charge in [0.1, 0.15) is 0 Å². The topological polar surface area (TPSA) is 80.6 Å². The summed E-state index contributed by atoms with van der Waals surface area (Å²) in [7, 11) is 3.40. The SMILES string of the molecule is CN(C[C@H]1CN(C(=O)c2ccncc2F)CCO1)c1nccn(C)c1=O. The van der Waals surface area contributed by atoms with E-state index >= 15 is 0 Å². The van der Waals surface area contributed by atoms with E-state index in [0.717, 1.165) is 6.20 Å². The molecule has 1 saturated heterocycles. The van der Waals surface area contributed by atoms with Crippen LogP contribution in [-0.4, -0.2) is 64.7 Å². The monoisotopic (exact) mass is 361 g/mol. The van der Waals surface area contributed by atoms with Gasteiger partial charge in [0.15, 0.2) is 11.6 Å². The first-order chi connectivity index (χ1) is 12.5. The Kier molecular flexibility index (Phi) is 5.27. The molecule has 2 aromatic rings. The van der Waals surface area contributed by atoms with Crippen molar-refractivity contribution in [1.29, 1.82) is 0 Å². The highest BCUT2D eigenvalue weighted by atomic mass is 19.1. The molecule has 0 N–H and O–H groups in total. The lowest BCUT2D eigenvalue weighted by Crippen LogP contribution is -2.50. The summed E-state index contributed by atoms with van der Waals surface area (Å²) in [4.78, 5) is 35.7. The third-order valence-corrected chi connectivity index (χ3v) is 4.27. The number of carbonyl (C=O) groups is 1. The van der Waals surface area contributed by atoms with Gasteiger partial charge in [0.25, 0.3) is 11.5 Å². The van der Waals surface area contributed by atoms with Crippen LogP contribution in [0.15, 0.2) is 35.6 Å². The molecule has 1 fully saturated rings. The van der Waals surface area contributed by atoms with Crippen molar-refractivity contribution < 1.29 is 13.9 Å². The van der Waals surface area contributed by atoms with Gasteiger partial charge in [0, 0.05) is 52.3 Å². The van der Waals surface area contributed by atoms with Crippen molar-refractivity contribution in [3.05, 3.63) is 52.6 Å². The second-order valence-electron chi connectivity index (χ2n) is 6.15. The van der Waals surface area contributed by atoms with Gasteiger partial charge in [0.2, 0.25) is 0 Å². The first-order valence-electron chi connectivity index (χ1n) is 8.20. The number of carbonyl (C=O) groups excluding carboxylic acids is 1. The molecule has 2 aromatic heterocycles. The highest BCUT2D eigenvalue weighted by molar-refractivity contribution is 5.94. The van der Waals surface area contributed by atoms with Crippen LogP contribution < -0.4 is 10.5 Å². The van der Waals surface area contributed by atoms with E-state index in [1.54, 1.807) is 36.3 Å². The van der Waals surface area contributed by atoms with Gasteiger partial charge in [-0.2, -0.15) is 0 Å². The molecule has 0 aliphatic carbocycles. The predicted molar refractivity (Wildman–Crippen MR) is 92.6 cm³/mol. The maximum absolute atomic E-state index is 13.8. The van der Waals surface area contributed by atoms with Gasteiger partial charge < -0.3 is 19.1 Å². The quantitative estimate of drug-likeness (QED) is 0.779. The van der Waals surface area contributed by atoms with E-state index in [9.17, 15) is 14.0 Å². The zero-order valence-electron chi connectivity index (χ0n) is 14.6. The molecule has 0 unspecified atom stereocenters. The molecular weight excluding hydrogens is 341 g/mol. The number of aryl methyl sites for hydroxylation is 1. The molecule has 138 valence electrons. The summed E-state index contributed by atoms with van der Waals surface area (Å²) in [5.41, 5.74) is -0.217. The number of halogens is 1. The van der Waals surface area contributed by atoms with Crippen molar-refractivity contribution in [3.63, 3.8) is 0 Å². The number of rotatable bonds is 4. The van der Waals surface area contributed by atoms with Crippen molar-refractivity contribution in [2.75, 3.05) is 38.2 Å². The van der Waals surface area contributed by atoms with E-state index in [1.807, 2.05) is 0 Å². The number of likely N-dealkylation sites (N-methyl/N-ethyl adjacent to an activating group) is 1. The number of hydrogen-bond acceptors (Lipinski definition) is 6. The average Bonchev–Trinajstić information content (AvgIpc) is 2.64. The molecule has 0 spiro atoms. The van der Waals surface area contributed by atoms with Crippen LogP contribution in [0.2, 0.25) is 0 Å². The normalized spacial score (nSPS) is 17.2. The lowest BCUT2D eigenvalue weighted by molar-refractivity contribution is -0.0173. The highest BCUT2D eigenvalue weighted by Crippen LogP contribution is 2.14. The third kappa shape index (κ3) is 3.72. The van der Waals surface area contributed by atoms with E-state index in [2.05, 4.69) is 9.97 Å². The number of pyridine rings is 1. The fraction of sp³-hybridized carbons (Fsp3) is 0.412. The fourth-order valence-corrected chi connectivity index (χ4v) is 2.87. The molecule has 8 nitrogen and oxygen atoms in total. The number of aromatic nitrogens is 3. The number of anilines is 1. The summed E-state index contributed by atoms with van der Waals surface area (Å²) < 4.78 is 21.0. The standard InChI is InChI=1S/C17H20FN5O3/c1-21-6-5-20-15(17(21)25)22(2)10-12-11-23(7-8-26-12)16(24)13-3-4-19-9-14(13)18/h3-6,9,12H,7-8,10-11H2,1-2H3/t12-/m0/s1. The van der Waals surface area contributed by atoms with E-state index in [0.29, 0.717) is 32.1 Å². The van der Waals surface area contributed by atoms with E-state index in [-0.39, 0.29) is 17.2 Å². The van der Waals surface area contributed by atoms with Crippen LogP contribution in [0, 0.1) is 5.82 Å². The lowest BCUT2D eigenvalue weighted by atomic mass is 10.2. The minimum Gasteiger partial charge on any atom is -0.373 e. The zero-order chi connectivity index (χ0) is 18.7. The first kappa shape index (κ1) is 18.0. The summed E-state index contributed by atoms with van der Waals surface area (Å²) >= 11 is 0. The molecule has 1 aliphatic heterocycles. The molecule has 0 aromatic carbocycles. The maximum Gasteiger partial charge on any atom is 0.293 e. The highest BCUT2D eigenvalue weighted by Gasteiger charge is 2.28. The number of amides is 1. The van der Waals surface area contributed by atoms with Gasteiger partial charge in [-0.3, -0.25) is 14.6 Å². The summed E-state index contributed by atoms with van der Waals surface area (Å²) in [5.74, 6) is -0.730. The number of morpholine rings is 1. The summed E-state index contributed by atoms with van der Waals surface area (Å²) in [6.07, 6.45) is 5.24. The van der Waals surface area contributed by atoms with Gasteiger partial charge in [-0.1, -0.05) is 0 Å². The Labute approximate surface area is 149 Å². The summed E-state index contributed by atoms with van der Waals surface area (Å²) in [6.45, 7) is 1.41. The number of nitrogens with zero attached hydrogens (tertiary/aromatic N) is 5. The Balaban J connectivity index is 1.69. The van der Waals surface area contributed by atoms with Gasteiger partial charge in [-0.25, -0.2) is 9.37 Å². The summed E-state index contributed by atoms with van der Waals surface area (Å²) in [5, 5.41) is 0. The zero-order valence-corrected chi connectivity index (χ0v) is 14.6. The van der Waals surface area contributed by atoms with Crippen molar-refractivity contribution in [2.45, 2.75) is 6.10 Å². The van der Waals surface area contributed by atoms with Crippen molar-refractivity contribution in [1.82, 2.24) is 19.4 Å². The van der Waals surface area contributed by atoms with Crippen LogP contribution >= 0.6 is 0 Å². The van der Waals surface area contributed by atoms with Crippen LogP contribution in [0.1, 0.15) is 10.4 Å². The number of hydrogen-bond donors (Lipinski definition) is 0. The van der Waals surface area contributed by atoms with E-state index in [1.165, 1.54) is 16.8 Å². The third-order valence-electron chi connectivity index (χ3n) is 4.27. The van der Waals surface area contributed by atoms with Gasteiger partial charge in [0.05, 0.1) is 24.5 Å². The largest absolute Gasteiger partial charge is 0.373 e. The molecule has 9 heteroatoms. The molecular formula is C17H20FN5O3. The Morgan fingerprint density at radius 3 is 3.04 bits per heavy atom. The molecule has 3 rings (SSSR count). The molecule has 1 amide bonds. The Morgan fingerprint density at radius 2 is 2.27 bits per heavy atom. The van der Waals surface area contributed by atoms with Crippen molar-refractivity contribution in [3.8, 4) is 0 Å². The average molecular weight is 361 g/mol. The van der Waals surface area contributed by atoms with E-state index in [4.69, 9.17) is 4.74 Å². The molecule has 0 radical (unpaired) electrons. The summed E-state index contributed by atoms with van der Waals surface area (Å²) in [6, 6.07) is 1.37. The van der Waals surface area contributed by atoms with Gasteiger partial charge in [-0.15, -0.1) is 0 Å². The van der Waals surface area contributed by atoms with Crippen molar-refractivity contribution in [2.24, 2.45) is 7.05 Å². The second kappa shape index (κ2) is 7.61.